The van der Waals surface area contributed by atoms with Gasteiger partial charge >= 0.3 is 0 Å². The smallest absolute Gasteiger partial charge is 0.291 e. The molecular formula is C26H26N8O2. The number of benzene rings is 2. The van der Waals surface area contributed by atoms with Gasteiger partial charge in [0, 0.05) is 24.4 Å². The number of nitrogens with one attached hydrogen (secondary N) is 2. The number of imidazole rings is 1. The van der Waals surface area contributed by atoms with E-state index in [4.69, 9.17) is 5.73 Å². The molecule has 1 atom stereocenters. The van der Waals surface area contributed by atoms with Crippen LogP contribution in [0.1, 0.15) is 54.6 Å². The number of rotatable bonds is 10. The normalized spacial score (nSPS) is 12.1. The summed E-state index contributed by atoms with van der Waals surface area (Å²) in [6, 6.07) is 15.7. The van der Waals surface area contributed by atoms with Gasteiger partial charge in [0.2, 0.25) is 11.7 Å². The van der Waals surface area contributed by atoms with Gasteiger partial charge in [0.05, 0.1) is 17.9 Å². The summed E-state index contributed by atoms with van der Waals surface area (Å²) < 4.78 is 1.46. The molecule has 4 N–H and O–H groups in total. The number of fused-ring (bicyclic) bond motifs is 2. The van der Waals surface area contributed by atoms with Gasteiger partial charge in [-0.1, -0.05) is 49.2 Å². The Morgan fingerprint density at radius 1 is 1.03 bits per heavy atom. The SMILES string of the molecule is NC(=O)CCCCCC(NC(=O)c1nc2ncccn2n1)c1ncc(-c2ccc3ccccc3c2)[nH]1. The van der Waals surface area contributed by atoms with E-state index in [2.05, 4.69) is 54.6 Å². The number of primary amides is 1. The Morgan fingerprint density at radius 2 is 1.89 bits per heavy atom. The number of unbranched alkanes of at least 4 members (excludes halogenated alkanes) is 2. The van der Waals surface area contributed by atoms with Crippen molar-refractivity contribution in [3.63, 3.8) is 0 Å². The van der Waals surface area contributed by atoms with Gasteiger partial charge in [0.25, 0.3) is 11.7 Å². The number of nitrogens with zero attached hydrogens (tertiary/aromatic N) is 5. The van der Waals surface area contributed by atoms with Crippen LogP contribution in [0.4, 0.5) is 0 Å². The van der Waals surface area contributed by atoms with Crippen LogP contribution in [0.15, 0.2) is 67.1 Å². The lowest BCUT2D eigenvalue weighted by Crippen LogP contribution is -2.30. The molecule has 10 nitrogen and oxygen atoms in total. The molecule has 0 radical (unpaired) electrons. The van der Waals surface area contributed by atoms with Crippen molar-refractivity contribution in [2.45, 2.75) is 38.1 Å². The minimum Gasteiger partial charge on any atom is -0.370 e. The molecule has 0 aliphatic carbocycles. The van der Waals surface area contributed by atoms with E-state index in [0.717, 1.165) is 34.9 Å². The lowest BCUT2D eigenvalue weighted by molar-refractivity contribution is -0.118. The van der Waals surface area contributed by atoms with E-state index in [1.54, 1.807) is 24.7 Å². The summed E-state index contributed by atoms with van der Waals surface area (Å²) in [4.78, 5) is 40.4. The highest BCUT2D eigenvalue weighted by atomic mass is 16.2. The van der Waals surface area contributed by atoms with Crippen LogP contribution in [0.5, 0.6) is 0 Å². The van der Waals surface area contributed by atoms with Crippen molar-refractivity contribution in [3.05, 3.63) is 78.8 Å². The first-order valence-corrected chi connectivity index (χ1v) is 11.9. The second-order valence-electron chi connectivity index (χ2n) is 8.64. The molecule has 5 aromatic rings. The number of hydrogen-bond donors (Lipinski definition) is 3. The van der Waals surface area contributed by atoms with Crippen LogP contribution in [0.25, 0.3) is 27.8 Å². The Morgan fingerprint density at radius 3 is 2.72 bits per heavy atom. The molecule has 182 valence electrons. The van der Waals surface area contributed by atoms with Crippen LogP contribution < -0.4 is 11.1 Å². The van der Waals surface area contributed by atoms with E-state index in [1.165, 1.54) is 4.52 Å². The van der Waals surface area contributed by atoms with E-state index in [9.17, 15) is 9.59 Å². The monoisotopic (exact) mass is 482 g/mol. The third-order valence-corrected chi connectivity index (χ3v) is 6.03. The molecule has 0 saturated heterocycles. The Hall–Kier alpha value is -4.60. The van der Waals surface area contributed by atoms with Crippen molar-refractivity contribution in [2.24, 2.45) is 5.73 Å². The number of amides is 2. The first-order chi connectivity index (χ1) is 17.6. The second-order valence-corrected chi connectivity index (χ2v) is 8.64. The van der Waals surface area contributed by atoms with Crippen LogP contribution >= 0.6 is 0 Å². The summed E-state index contributed by atoms with van der Waals surface area (Å²) in [7, 11) is 0. The average molecular weight is 483 g/mol. The minimum atomic E-state index is -0.411. The van der Waals surface area contributed by atoms with E-state index < -0.39 is 5.91 Å². The highest BCUT2D eigenvalue weighted by molar-refractivity contribution is 5.91. The van der Waals surface area contributed by atoms with Gasteiger partial charge in [0.15, 0.2) is 0 Å². The van der Waals surface area contributed by atoms with Gasteiger partial charge in [-0.05, 0) is 35.7 Å². The van der Waals surface area contributed by atoms with Crippen molar-refractivity contribution in [1.82, 2.24) is 34.9 Å². The van der Waals surface area contributed by atoms with Crippen molar-refractivity contribution >= 4 is 28.4 Å². The Bertz CT molecular complexity index is 1490. The maximum absolute atomic E-state index is 13.0. The van der Waals surface area contributed by atoms with Gasteiger partial charge in [-0.15, -0.1) is 5.10 Å². The van der Waals surface area contributed by atoms with Crippen molar-refractivity contribution < 1.29 is 9.59 Å². The van der Waals surface area contributed by atoms with Crippen molar-refractivity contribution in [1.29, 1.82) is 0 Å². The predicted octanol–water partition coefficient (Wildman–Crippen LogP) is 3.57. The van der Waals surface area contributed by atoms with Crippen LogP contribution in [0.3, 0.4) is 0 Å². The lowest BCUT2D eigenvalue weighted by atomic mass is 10.1. The summed E-state index contributed by atoms with van der Waals surface area (Å²) in [5, 5.41) is 9.53. The molecule has 10 heteroatoms. The fourth-order valence-electron chi connectivity index (χ4n) is 4.17. The standard InChI is InChI=1S/C26H26N8O2/c27-22(35)10-3-1-2-9-20(31-25(36)24-32-26-28-13-6-14-34(26)33-24)23-29-16-21(30-23)19-12-11-17-7-4-5-8-18(17)15-19/h4-8,11-16,20H,1-3,9-10H2,(H2,27,35)(H,29,30)(H,31,36). The van der Waals surface area contributed by atoms with Crippen LogP contribution in [0, 0.1) is 0 Å². The minimum absolute atomic E-state index is 0.0359. The lowest BCUT2D eigenvalue weighted by Gasteiger charge is -2.16. The quantitative estimate of drug-likeness (QED) is 0.260. The fourth-order valence-corrected chi connectivity index (χ4v) is 4.17. The molecule has 0 aliphatic rings. The Balaban J connectivity index is 1.36. The molecule has 2 amide bonds. The molecule has 3 heterocycles. The fraction of sp³-hybridized carbons (Fsp3) is 0.231. The van der Waals surface area contributed by atoms with Gasteiger partial charge in [0.1, 0.15) is 5.82 Å². The number of nitrogens with two attached hydrogens (primary N) is 1. The number of carbonyl (C=O) groups is 2. The third kappa shape index (κ3) is 5.22. The molecule has 0 saturated carbocycles. The summed E-state index contributed by atoms with van der Waals surface area (Å²) in [5.74, 6) is 0.308. The zero-order chi connectivity index (χ0) is 24.9. The van der Waals surface area contributed by atoms with Gasteiger partial charge in [-0.3, -0.25) is 9.59 Å². The van der Waals surface area contributed by atoms with E-state index in [-0.39, 0.29) is 17.8 Å². The number of hydrogen-bond acceptors (Lipinski definition) is 6. The first kappa shape index (κ1) is 23.2. The summed E-state index contributed by atoms with van der Waals surface area (Å²) in [5.41, 5.74) is 7.12. The van der Waals surface area contributed by atoms with Crippen LogP contribution in [0.2, 0.25) is 0 Å². The maximum atomic E-state index is 13.0. The summed E-state index contributed by atoms with van der Waals surface area (Å²) in [6.07, 6.45) is 8.33. The highest BCUT2D eigenvalue weighted by Gasteiger charge is 2.22. The van der Waals surface area contributed by atoms with Crippen LogP contribution in [-0.2, 0) is 4.79 Å². The zero-order valence-electron chi connectivity index (χ0n) is 19.6. The largest absolute Gasteiger partial charge is 0.370 e. The second kappa shape index (κ2) is 10.3. The molecule has 0 aliphatic heterocycles. The maximum Gasteiger partial charge on any atom is 0.291 e. The Labute approximate surface area is 207 Å². The van der Waals surface area contributed by atoms with E-state index in [1.807, 2.05) is 18.2 Å². The number of aromatic nitrogens is 6. The summed E-state index contributed by atoms with van der Waals surface area (Å²) >= 11 is 0. The predicted molar refractivity (Wildman–Crippen MR) is 135 cm³/mol. The molecule has 36 heavy (non-hydrogen) atoms. The van der Waals surface area contributed by atoms with E-state index in [0.29, 0.717) is 30.9 Å². The number of aromatic amines is 1. The average Bonchev–Trinajstić information content (AvgIpc) is 3.55. The molecule has 1 unspecified atom stereocenters. The van der Waals surface area contributed by atoms with Gasteiger partial charge < -0.3 is 16.0 Å². The highest BCUT2D eigenvalue weighted by Crippen LogP contribution is 2.26. The van der Waals surface area contributed by atoms with E-state index >= 15 is 0 Å². The van der Waals surface area contributed by atoms with Crippen LogP contribution in [-0.4, -0.2) is 41.4 Å². The van der Waals surface area contributed by atoms with Gasteiger partial charge in [-0.25, -0.2) is 14.5 Å². The number of H-pyrrole nitrogens is 1. The third-order valence-electron chi connectivity index (χ3n) is 6.03. The molecule has 3 aromatic heterocycles. The Kier molecular flexibility index (Phi) is 6.65. The van der Waals surface area contributed by atoms with Crippen molar-refractivity contribution in [3.8, 4) is 11.3 Å². The molecular weight excluding hydrogens is 456 g/mol. The first-order valence-electron chi connectivity index (χ1n) is 11.9. The molecule has 0 bridgehead atoms. The molecule has 2 aromatic carbocycles. The zero-order valence-corrected chi connectivity index (χ0v) is 19.6. The summed E-state index contributed by atoms with van der Waals surface area (Å²) in [6.45, 7) is 0. The van der Waals surface area contributed by atoms with Crippen molar-refractivity contribution in [2.75, 3.05) is 0 Å². The molecule has 5 rings (SSSR count). The molecule has 0 fully saturated rings. The number of carbonyl (C=O) groups excluding carboxylic acids is 2. The van der Waals surface area contributed by atoms with Gasteiger partial charge in [-0.2, -0.15) is 4.98 Å². The topological polar surface area (TPSA) is 144 Å². The molecule has 0 spiro atoms.